The minimum absolute atomic E-state index is 0.0440. The van der Waals surface area contributed by atoms with Crippen molar-refractivity contribution in [2.75, 3.05) is 58.6 Å². The second kappa shape index (κ2) is 12.1. The molecule has 1 aliphatic rings. The van der Waals surface area contributed by atoms with E-state index in [4.69, 9.17) is 25.8 Å². The van der Waals surface area contributed by atoms with Gasteiger partial charge in [0.25, 0.3) is 0 Å². The van der Waals surface area contributed by atoms with E-state index in [-0.39, 0.29) is 29.0 Å². The van der Waals surface area contributed by atoms with Gasteiger partial charge in [0, 0.05) is 51.2 Å². The average Bonchev–Trinajstić information content (AvgIpc) is 2.92. The molecule has 2 aromatic carbocycles. The van der Waals surface area contributed by atoms with E-state index in [1.165, 1.54) is 20.4 Å². The summed E-state index contributed by atoms with van der Waals surface area (Å²) in [6.07, 6.45) is 1.54. The highest BCUT2D eigenvalue weighted by atomic mass is 35.5. The van der Waals surface area contributed by atoms with Crippen LogP contribution in [0, 0.1) is 5.82 Å². The van der Waals surface area contributed by atoms with Crippen LogP contribution in [0.3, 0.4) is 0 Å². The van der Waals surface area contributed by atoms with Crippen molar-refractivity contribution in [1.29, 1.82) is 0 Å². The number of methoxy groups -OCH3 is 2. The SMILES string of the molecule is COCCC(CO)n1cc(C(=O)O)c(=O)c2c(Cc3cc(N4CCOCC4)cc(Cl)c3F)cc(OC)cc21. The number of fused-ring (bicyclic) bond motifs is 1. The van der Waals surface area contributed by atoms with Gasteiger partial charge in [-0.2, -0.15) is 0 Å². The van der Waals surface area contributed by atoms with Crippen molar-refractivity contribution in [3.63, 3.8) is 0 Å². The van der Waals surface area contributed by atoms with E-state index in [9.17, 15) is 19.8 Å². The number of carboxylic acids is 1. The Balaban J connectivity index is 1.93. The highest BCUT2D eigenvalue weighted by Gasteiger charge is 2.23. The first-order chi connectivity index (χ1) is 18.3. The molecule has 1 fully saturated rings. The first kappa shape index (κ1) is 27.8. The summed E-state index contributed by atoms with van der Waals surface area (Å²) < 4.78 is 32.9. The highest BCUT2D eigenvalue weighted by Crippen LogP contribution is 2.32. The fourth-order valence-electron chi connectivity index (χ4n) is 4.78. The monoisotopic (exact) mass is 548 g/mol. The van der Waals surface area contributed by atoms with Crippen LogP contribution in [-0.4, -0.2) is 74.5 Å². The maximum Gasteiger partial charge on any atom is 0.341 e. The Morgan fingerprint density at radius 3 is 2.55 bits per heavy atom. The van der Waals surface area contributed by atoms with Crippen molar-refractivity contribution in [2.24, 2.45) is 0 Å². The number of pyridine rings is 1. The molecule has 0 amide bonds. The van der Waals surface area contributed by atoms with E-state index in [1.807, 2.05) is 4.90 Å². The molecule has 4 rings (SSSR count). The van der Waals surface area contributed by atoms with Gasteiger partial charge in [-0.15, -0.1) is 0 Å². The number of morpholine rings is 1. The number of rotatable bonds is 10. The minimum atomic E-state index is -1.40. The molecule has 1 unspecified atom stereocenters. The fraction of sp³-hybridized carbons (Fsp3) is 0.407. The Morgan fingerprint density at radius 2 is 1.92 bits per heavy atom. The number of carboxylic acid groups (broad SMARTS) is 1. The molecule has 38 heavy (non-hydrogen) atoms. The first-order valence-electron chi connectivity index (χ1n) is 12.2. The lowest BCUT2D eigenvalue weighted by molar-refractivity contribution is 0.0694. The van der Waals surface area contributed by atoms with Crippen LogP contribution in [0.15, 0.2) is 35.3 Å². The third kappa shape index (κ3) is 5.63. The Morgan fingerprint density at radius 1 is 1.18 bits per heavy atom. The van der Waals surface area contributed by atoms with Crippen molar-refractivity contribution in [3.05, 3.63) is 68.2 Å². The average molecular weight is 549 g/mol. The van der Waals surface area contributed by atoms with Gasteiger partial charge in [-0.25, -0.2) is 9.18 Å². The zero-order valence-electron chi connectivity index (χ0n) is 21.2. The molecule has 3 aromatic rings. The molecule has 0 spiro atoms. The first-order valence-corrected chi connectivity index (χ1v) is 12.6. The number of aliphatic hydroxyl groups excluding tert-OH is 1. The predicted octanol–water partition coefficient (Wildman–Crippen LogP) is 3.50. The lowest BCUT2D eigenvalue weighted by atomic mass is 9.97. The summed E-state index contributed by atoms with van der Waals surface area (Å²) in [6.45, 7) is 2.31. The molecular weight excluding hydrogens is 519 g/mol. The third-order valence-electron chi connectivity index (χ3n) is 6.76. The van der Waals surface area contributed by atoms with Crippen LogP contribution in [0.2, 0.25) is 5.02 Å². The predicted molar refractivity (Wildman–Crippen MR) is 142 cm³/mol. The van der Waals surface area contributed by atoms with Crippen LogP contribution in [0.4, 0.5) is 10.1 Å². The molecule has 0 bridgehead atoms. The Labute approximate surface area is 223 Å². The number of anilines is 1. The molecule has 9 nitrogen and oxygen atoms in total. The topological polar surface area (TPSA) is 110 Å². The molecule has 2 heterocycles. The molecular formula is C27H30ClFN2O7. The number of aromatic carboxylic acids is 1. The highest BCUT2D eigenvalue weighted by molar-refractivity contribution is 6.31. The number of aromatic nitrogens is 1. The number of halogens is 2. The van der Waals surface area contributed by atoms with Gasteiger partial charge in [-0.05, 0) is 35.7 Å². The second-order valence-corrected chi connectivity index (χ2v) is 9.47. The molecule has 0 aliphatic carbocycles. The van der Waals surface area contributed by atoms with Crippen LogP contribution in [0.25, 0.3) is 10.9 Å². The van der Waals surface area contributed by atoms with Crippen LogP contribution >= 0.6 is 11.6 Å². The lowest BCUT2D eigenvalue weighted by Gasteiger charge is -2.29. The van der Waals surface area contributed by atoms with Crippen molar-refractivity contribution < 1.29 is 33.6 Å². The molecule has 0 radical (unpaired) electrons. The van der Waals surface area contributed by atoms with E-state index in [0.717, 1.165) is 5.69 Å². The molecule has 204 valence electrons. The van der Waals surface area contributed by atoms with Crippen molar-refractivity contribution in [1.82, 2.24) is 4.57 Å². The van der Waals surface area contributed by atoms with Gasteiger partial charge in [0.15, 0.2) is 0 Å². The van der Waals surface area contributed by atoms with Gasteiger partial charge < -0.3 is 33.9 Å². The number of nitrogens with zero attached hydrogens (tertiary/aromatic N) is 2. The van der Waals surface area contributed by atoms with E-state index >= 15 is 4.39 Å². The van der Waals surface area contributed by atoms with Gasteiger partial charge in [-0.3, -0.25) is 4.79 Å². The number of carbonyl (C=O) groups is 1. The van der Waals surface area contributed by atoms with Crippen LogP contribution in [0.5, 0.6) is 5.75 Å². The van der Waals surface area contributed by atoms with Crippen LogP contribution in [-0.2, 0) is 15.9 Å². The molecule has 1 aliphatic heterocycles. The van der Waals surface area contributed by atoms with Crippen molar-refractivity contribution in [2.45, 2.75) is 18.9 Å². The molecule has 1 saturated heterocycles. The van der Waals surface area contributed by atoms with Crippen LogP contribution in [0.1, 0.15) is 33.9 Å². The maximum atomic E-state index is 15.3. The lowest BCUT2D eigenvalue weighted by Crippen LogP contribution is -2.36. The molecule has 2 N–H and O–H groups in total. The van der Waals surface area contributed by atoms with Crippen molar-refractivity contribution in [3.8, 4) is 5.75 Å². The molecule has 0 saturated carbocycles. The summed E-state index contributed by atoms with van der Waals surface area (Å²) in [5.41, 5.74) is 0.545. The largest absolute Gasteiger partial charge is 0.497 e. The van der Waals surface area contributed by atoms with Crippen LogP contribution < -0.4 is 15.1 Å². The quantitative estimate of drug-likeness (QED) is 0.396. The molecule has 11 heteroatoms. The van der Waals surface area contributed by atoms with Gasteiger partial charge >= 0.3 is 5.97 Å². The minimum Gasteiger partial charge on any atom is -0.497 e. The van der Waals surface area contributed by atoms with E-state index in [2.05, 4.69) is 0 Å². The maximum absolute atomic E-state index is 15.3. The number of hydrogen-bond acceptors (Lipinski definition) is 7. The standard InChI is InChI=1S/C27H30ClFN2O7/c1-36-6-3-18(15-32)31-14-21(27(34)35)26(33)24-16(11-20(37-2)13-23(24)31)9-17-10-19(12-22(28)25(17)29)30-4-7-38-8-5-30/h10-14,18,32H,3-9,15H2,1-2H3,(H,34,35). The number of ether oxygens (including phenoxy) is 3. The Kier molecular flexibility index (Phi) is 8.88. The Hall–Kier alpha value is -3.18. The van der Waals surface area contributed by atoms with E-state index in [1.54, 1.807) is 28.8 Å². The Bertz CT molecular complexity index is 1390. The zero-order chi connectivity index (χ0) is 27.4. The van der Waals surface area contributed by atoms with Gasteiger partial charge in [0.1, 0.15) is 17.1 Å². The zero-order valence-corrected chi connectivity index (χ0v) is 22.0. The summed E-state index contributed by atoms with van der Waals surface area (Å²) in [4.78, 5) is 27.5. The smallest absolute Gasteiger partial charge is 0.341 e. The number of benzene rings is 2. The number of hydrogen-bond donors (Lipinski definition) is 2. The third-order valence-corrected chi connectivity index (χ3v) is 7.04. The van der Waals surface area contributed by atoms with E-state index < -0.39 is 28.8 Å². The summed E-state index contributed by atoms with van der Waals surface area (Å²) >= 11 is 6.27. The van der Waals surface area contributed by atoms with E-state index in [0.29, 0.717) is 56.2 Å². The number of aliphatic hydroxyl groups is 1. The molecule has 1 aromatic heterocycles. The summed E-state index contributed by atoms with van der Waals surface area (Å²) in [7, 11) is 2.98. The van der Waals surface area contributed by atoms with Gasteiger partial charge in [0.2, 0.25) is 5.43 Å². The summed E-state index contributed by atoms with van der Waals surface area (Å²) in [5, 5.41) is 20.0. The van der Waals surface area contributed by atoms with Crippen molar-refractivity contribution >= 4 is 34.2 Å². The normalized spacial score (nSPS) is 14.6. The van der Waals surface area contributed by atoms with Gasteiger partial charge in [0.05, 0.1) is 48.9 Å². The van der Waals surface area contributed by atoms with Gasteiger partial charge in [-0.1, -0.05) is 11.6 Å². The summed E-state index contributed by atoms with van der Waals surface area (Å²) in [6, 6.07) is 5.87. The second-order valence-electron chi connectivity index (χ2n) is 9.06. The molecule has 1 atom stereocenters. The fourth-order valence-corrected chi connectivity index (χ4v) is 5.01. The summed E-state index contributed by atoms with van der Waals surface area (Å²) in [5.74, 6) is -1.63.